The van der Waals surface area contributed by atoms with Crippen LogP contribution in [-0.2, 0) is 11.2 Å². The van der Waals surface area contributed by atoms with Crippen LogP contribution in [0.3, 0.4) is 0 Å². The minimum atomic E-state index is -0.344. The van der Waals surface area contributed by atoms with Crippen molar-refractivity contribution in [3.63, 3.8) is 0 Å². The van der Waals surface area contributed by atoms with Crippen molar-refractivity contribution in [3.05, 3.63) is 33.8 Å². The van der Waals surface area contributed by atoms with Crippen molar-refractivity contribution in [3.8, 4) is 22.4 Å². The Labute approximate surface area is 156 Å². The molecule has 1 fully saturated rings. The Kier molecular flexibility index (Phi) is 4.20. The summed E-state index contributed by atoms with van der Waals surface area (Å²) in [5.41, 5.74) is 3.02. The molecule has 1 aromatic heterocycles. The third-order valence-electron chi connectivity index (χ3n) is 5.14. The van der Waals surface area contributed by atoms with Gasteiger partial charge in [-0.25, -0.2) is 9.78 Å². The molecule has 0 atom stereocenters. The minimum Gasteiger partial charge on any atom is -0.485 e. The molecule has 26 heavy (non-hydrogen) atoms. The molecular weight excluding hydrogens is 348 g/mol. The fourth-order valence-corrected chi connectivity index (χ4v) is 4.90. The molecule has 4 rings (SSSR count). The van der Waals surface area contributed by atoms with Crippen molar-refractivity contribution in [2.45, 2.75) is 51.6 Å². The number of fused-ring (bicyclic) bond motifs is 1. The summed E-state index contributed by atoms with van der Waals surface area (Å²) >= 11 is 1.31. The van der Waals surface area contributed by atoms with Gasteiger partial charge in [0.15, 0.2) is 0 Å². The highest BCUT2D eigenvalue weighted by Gasteiger charge is 2.43. The van der Waals surface area contributed by atoms with Crippen LogP contribution in [0.4, 0.5) is 0 Å². The molecule has 6 heteroatoms. The average molecular weight is 368 g/mol. The number of carbonyl (C=O) groups excluding carboxylic acids is 1. The number of carbonyl (C=O) groups is 1. The number of hydrogen-bond donors (Lipinski definition) is 0. The second-order valence-electron chi connectivity index (χ2n) is 6.95. The van der Waals surface area contributed by atoms with Crippen LogP contribution in [0.1, 0.15) is 59.1 Å². The first-order valence-corrected chi connectivity index (χ1v) is 9.78. The number of ether oxygens (including phenoxy) is 2. The maximum atomic E-state index is 12.1. The van der Waals surface area contributed by atoms with Crippen LogP contribution in [0.25, 0.3) is 10.6 Å². The highest BCUT2D eigenvalue weighted by Crippen LogP contribution is 2.47. The summed E-state index contributed by atoms with van der Waals surface area (Å²) in [6.07, 6.45) is 5.30. The Bertz CT molecular complexity index is 920. The molecule has 1 aromatic carbocycles. The first kappa shape index (κ1) is 17.0. The fraction of sp³-hybridized carbons (Fsp3) is 0.450. The molecule has 2 heterocycles. The van der Waals surface area contributed by atoms with Gasteiger partial charge in [0.05, 0.1) is 17.9 Å². The van der Waals surface area contributed by atoms with Crippen LogP contribution < -0.4 is 4.74 Å². The molecule has 1 aliphatic heterocycles. The van der Waals surface area contributed by atoms with Gasteiger partial charge in [-0.1, -0.05) is 0 Å². The van der Waals surface area contributed by atoms with E-state index in [1.165, 1.54) is 24.2 Å². The molecule has 0 N–H and O–H groups in total. The van der Waals surface area contributed by atoms with Crippen LogP contribution in [0.2, 0.25) is 0 Å². The lowest BCUT2D eigenvalue weighted by molar-refractivity contribution is 0.0531. The van der Waals surface area contributed by atoms with Gasteiger partial charge in [-0.15, -0.1) is 11.3 Å². The van der Waals surface area contributed by atoms with Crippen molar-refractivity contribution < 1.29 is 14.3 Å². The Hall–Kier alpha value is -2.39. The van der Waals surface area contributed by atoms with Crippen LogP contribution in [0.5, 0.6) is 5.75 Å². The molecule has 0 bridgehead atoms. The normalized spacial score (nSPS) is 17.0. The number of nitriles is 1. The summed E-state index contributed by atoms with van der Waals surface area (Å²) in [6.45, 7) is 3.93. The number of rotatable bonds is 3. The van der Waals surface area contributed by atoms with Gasteiger partial charge >= 0.3 is 5.97 Å². The Morgan fingerprint density at radius 3 is 2.88 bits per heavy atom. The van der Waals surface area contributed by atoms with E-state index in [1.807, 2.05) is 13.0 Å². The molecular formula is C20H20N2O3S. The van der Waals surface area contributed by atoms with Gasteiger partial charge < -0.3 is 9.47 Å². The van der Waals surface area contributed by atoms with E-state index in [0.29, 0.717) is 22.7 Å². The number of benzene rings is 1. The first-order chi connectivity index (χ1) is 12.5. The quantitative estimate of drug-likeness (QED) is 0.750. The summed E-state index contributed by atoms with van der Waals surface area (Å²) in [5.74, 6) is 0.390. The van der Waals surface area contributed by atoms with Crippen LogP contribution in [-0.4, -0.2) is 23.2 Å². The highest BCUT2D eigenvalue weighted by atomic mass is 32.1. The average Bonchev–Trinajstić information content (AvgIpc) is 3.32. The van der Waals surface area contributed by atoms with Crippen molar-refractivity contribution in [1.82, 2.24) is 4.98 Å². The lowest BCUT2D eigenvalue weighted by atomic mass is 9.94. The van der Waals surface area contributed by atoms with Gasteiger partial charge in [-0.2, -0.15) is 5.26 Å². The summed E-state index contributed by atoms with van der Waals surface area (Å²) < 4.78 is 11.4. The fourth-order valence-electron chi connectivity index (χ4n) is 3.95. The molecule has 2 aromatic rings. The Balaban J connectivity index is 1.73. The van der Waals surface area contributed by atoms with Crippen molar-refractivity contribution in [2.24, 2.45) is 0 Å². The summed E-state index contributed by atoms with van der Waals surface area (Å²) in [6, 6.07) is 6.15. The number of aryl methyl sites for hydroxylation is 1. The molecule has 134 valence electrons. The zero-order valence-electron chi connectivity index (χ0n) is 14.9. The summed E-state index contributed by atoms with van der Waals surface area (Å²) in [7, 11) is 0. The molecule has 1 aliphatic carbocycles. The predicted molar refractivity (Wildman–Crippen MR) is 98.5 cm³/mol. The lowest BCUT2D eigenvalue weighted by Crippen LogP contribution is -2.30. The highest BCUT2D eigenvalue weighted by molar-refractivity contribution is 7.17. The van der Waals surface area contributed by atoms with Crippen molar-refractivity contribution in [2.75, 3.05) is 6.61 Å². The van der Waals surface area contributed by atoms with E-state index in [9.17, 15) is 10.1 Å². The molecule has 0 saturated heterocycles. The van der Waals surface area contributed by atoms with E-state index < -0.39 is 0 Å². The van der Waals surface area contributed by atoms with Crippen molar-refractivity contribution in [1.29, 1.82) is 5.26 Å². The number of nitrogens with zero attached hydrogens (tertiary/aromatic N) is 2. The number of thiazole rings is 1. The summed E-state index contributed by atoms with van der Waals surface area (Å²) in [4.78, 5) is 17.1. The van der Waals surface area contributed by atoms with E-state index >= 15 is 0 Å². The van der Waals surface area contributed by atoms with Gasteiger partial charge in [0.25, 0.3) is 0 Å². The number of hydrogen-bond acceptors (Lipinski definition) is 6. The van der Waals surface area contributed by atoms with Crippen LogP contribution in [0, 0.1) is 18.3 Å². The summed E-state index contributed by atoms with van der Waals surface area (Å²) in [5, 5.41) is 10.3. The van der Waals surface area contributed by atoms with E-state index in [-0.39, 0.29) is 11.6 Å². The molecule has 5 nitrogen and oxygen atoms in total. The number of aromatic nitrogens is 1. The smallest absolute Gasteiger partial charge is 0.350 e. The maximum absolute atomic E-state index is 12.1. The second-order valence-corrected chi connectivity index (χ2v) is 7.95. The first-order valence-electron chi connectivity index (χ1n) is 8.96. The monoisotopic (exact) mass is 368 g/mol. The topological polar surface area (TPSA) is 72.2 Å². The molecule has 0 unspecified atom stereocenters. The zero-order chi connectivity index (χ0) is 18.3. The molecule has 0 amide bonds. The van der Waals surface area contributed by atoms with E-state index in [2.05, 4.69) is 17.1 Å². The minimum absolute atomic E-state index is 0.124. The van der Waals surface area contributed by atoms with E-state index in [4.69, 9.17) is 9.47 Å². The number of esters is 1. The largest absolute Gasteiger partial charge is 0.485 e. The standard InChI is InChI=1S/C20H20N2O3S/c1-3-24-19(23)17-12(2)22-18(26-17)13-8-14-10-20(6-4-5-7-20)25-16(14)15(9-13)11-21/h8-9H,3-7,10H2,1-2H3. The predicted octanol–water partition coefficient (Wildman–Crippen LogP) is 4.41. The third-order valence-corrected chi connectivity index (χ3v) is 6.32. The lowest BCUT2D eigenvalue weighted by Gasteiger charge is -2.22. The second kappa shape index (κ2) is 6.40. The van der Waals surface area contributed by atoms with Crippen LogP contribution >= 0.6 is 11.3 Å². The Morgan fingerprint density at radius 1 is 1.42 bits per heavy atom. The van der Waals surface area contributed by atoms with Crippen molar-refractivity contribution >= 4 is 17.3 Å². The van der Waals surface area contributed by atoms with Gasteiger partial charge in [0, 0.05) is 17.5 Å². The molecule has 2 aliphatic rings. The molecule has 1 saturated carbocycles. The van der Waals surface area contributed by atoms with E-state index in [1.54, 1.807) is 6.92 Å². The van der Waals surface area contributed by atoms with Gasteiger partial charge in [0.2, 0.25) is 0 Å². The SMILES string of the molecule is CCOC(=O)c1sc(-c2cc(C#N)c3c(c2)CC2(CCCC2)O3)nc1C. The zero-order valence-corrected chi connectivity index (χ0v) is 15.7. The maximum Gasteiger partial charge on any atom is 0.350 e. The van der Waals surface area contributed by atoms with Gasteiger partial charge in [0.1, 0.15) is 27.3 Å². The molecule has 1 spiro atoms. The Morgan fingerprint density at radius 2 is 2.19 bits per heavy atom. The van der Waals surface area contributed by atoms with Crippen LogP contribution in [0.15, 0.2) is 12.1 Å². The van der Waals surface area contributed by atoms with Gasteiger partial charge in [-0.05, 0) is 51.7 Å². The molecule has 0 radical (unpaired) electrons. The van der Waals surface area contributed by atoms with E-state index in [0.717, 1.165) is 41.1 Å². The third kappa shape index (κ3) is 2.77. The van der Waals surface area contributed by atoms with Gasteiger partial charge in [-0.3, -0.25) is 0 Å².